The van der Waals surface area contributed by atoms with Crippen LogP contribution in [-0.4, -0.2) is 30.8 Å². The van der Waals surface area contributed by atoms with E-state index >= 15 is 0 Å². The van der Waals surface area contributed by atoms with E-state index in [4.69, 9.17) is 0 Å². The summed E-state index contributed by atoms with van der Waals surface area (Å²) in [4.78, 5) is 17.4. The molecule has 1 fully saturated rings. The lowest BCUT2D eigenvalue weighted by molar-refractivity contribution is -0.119. The number of aromatic nitrogens is 1. The van der Waals surface area contributed by atoms with Crippen LogP contribution < -0.4 is 5.32 Å². The van der Waals surface area contributed by atoms with E-state index in [-0.39, 0.29) is 17.4 Å². The summed E-state index contributed by atoms with van der Waals surface area (Å²) in [6, 6.07) is 6.19. The molecule has 1 unspecified atom stereocenters. The number of benzene rings is 1. The van der Waals surface area contributed by atoms with Crippen molar-refractivity contribution in [2.24, 2.45) is 5.92 Å². The number of carbonyl (C=O) groups is 1. The number of thiazole rings is 1. The zero-order chi connectivity index (χ0) is 17.3. The Morgan fingerprint density at radius 1 is 1.46 bits per heavy atom. The summed E-state index contributed by atoms with van der Waals surface area (Å²) in [7, 11) is -3.06. The van der Waals surface area contributed by atoms with Gasteiger partial charge in [-0.2, -0.15) is 0 Å². The van der Waals surface area contributed by atoms with E-state index in [2.05, 4.69) is 38.4 Å². The summed E-state index contributed by atoms with van der Waals surface area (Å²) in [5.41, 5.74) is 2.35. The van der Waals surface area contributed by atoms with Crippen molar-refractivity contribution in [3.05, 3.63) is 44.9 Å². The van der Waals surface area contributed by atoms with Gasteiger partial charge in [0.2, 0.25) is 5.91 Å². The second-order valence-corrected chi connectivity index (χ2v) is 10.2. The highest BCUT2D eigenvalue weighted by atomic mass is 79.9. The van der Waals surface area contributed by atoms with E-state index < -0.39 is 15.8 Å². The fourth-order valence-electron chi connectivity index (χ4n) is 2.67. The molecule has 8 heteroatoms. The van der Waals surface area contributed by atoms with Crippen molar-refractivity contribution >= 4 is 48.1 Å². The molecule has 1 N–H and O–H groups in total. The molecule has 0 aliphatic carbocycles. The fourth-order valence-corrected chi connectivity index (χ4v) is 5.51. The Morgan fingerprint density at radius 2 is 2.25 bits per heavy atom. The van der Waals surface area contributed by atoms with Crippen LogP contribution in [0.15, 0.2) is 28.9 Å². The van der Waals surface area contributed by atoms with Crippen LogP contribution in [0.4, 0.5) is 5.13 Å². The van der Waals surface area contributed by atoms with E-state index in [9.17, 15) is 13.2 Å². The molecule has 1 aliphatic rings. The first-order chi connectivity index (χ1) is 11.3. The van der Waals surface area contributed by atoms with Crippen LogP contribution in [0.3, 0.4) is 0 Å². The second-order valence-electron chi connectivity index (χ2n) is 5.98. The number of amides is 1. The zero-order valence-electron chi connectivity index (χ0n) is 13.1. The minimum absolute atomic E-state index is 0.0603. The molecule has 2 heterocycles. The lowest BCUT2D eigenvalue weighted by atomic mass is 10.1. The maximum absolute atomic E-state index is 12.1. The highest BCUT2D eigenvalue weighted by Crippen LogP contribution is 2.25. The van der Waals surface area contributed by atoms with Crippen LogP contribution in [0.25, 0.3) is 0 Å². The highest BCUT2D eigenvalue weighted by molar-refractivity contribution is 9.10. The van der Waals surface area contributed by atoms with Gasteiger partial charge in [0.25, 0.3) is 0 Å². The molecule has 0 radical (unpaired) electrons. The number of halogens is 1. The highest BCUT2D eigenvalue weighted by Gasteiger charge is 2.33. The predicted octanol–water partition coefficient (Wildman–Crippen LogP) is 3.18. The third-order valence-corrected chi connectivity index (χ3v) is 7.56. The summed E-state index contributed by atoms with van der Waals surface area (Å²) < 4.78 is 24.0. The molecule has 1 aromatic heterocycles. The molecule has 0 spiro atoms. The molecule has 3 rings (SSSR count). The molecular weight excluding hydrogens is 412 g/mol. The van der Waals surface area contributed by atoms with Gasteiger partial charge in [0.05, 0.1) is 17.4 Å². The van der Waals surface area contributed by atoms with Gasteiger partial charge in [-0.1, -0.05) is 28.1 Å². The number of aryl methyl sites for hydroxylation is 1. The van der Waals surface area contributed by atoms with Gasteiger partial charge in [0.1, 0.15) is 0 Å². The summed E-state index contributed by atoms with van der Waals surface area (Å²) in [6.45, 7) is 2.04. The van der Waals surface area contributed by atoms with Crippen LogP contribution in [0, 0.1) is 12.8 Å². The Hall–Kier alpha value is -1.25. The largest absolute Gasteiger partial charge is 0.302 e. The van der Waals surface area contributed by atoms with Crippen LogP contribution in [0.1, 0.15) is 22.4 Å². The van der Waals surface area contributed by atoms with Gasteiger partial charge in [-0.25, -0.2) is 13.4 Å². The summed E-state index contributed by atoms with van der Waals surface area (Å²) in [5, 5.41) is 3.27. The smallest absolute Gasteiger partial charge is 0.230 e. The van der Waals surface area contributed by atoms with Crippen molar-refractivity contribution in [2.75, 3.05) is 16.8 Å². The number of sulfone groups is 1. The molecule has 24 heavy (non-hydrogen) atoms. The number of hydrogen-bond donors (Lipinski definition) is 1. The van der Waals surface area contributed by atoms with Gasteiger partial charge in [0.15, 0.2) is 15.0 Å². The Bertz CT molecular complexity index is 877. The molecule has 1 aliphatic heterocycles. The van der Waals surface area contributed by atoms with Crippen molar-refractivity contribution in [3.63, 3.8) is 0 Å². The minimum atomic E-state index is -3.06. The van der Waals surface area contributed by atoms with Crippen molar-refractivity contribution in [1.82, 2.24) is 4.98 Å². The van der Waals surface area contributed by atoms with Crippen molar-refractivity contribution in [1.29, 1.82) is 0 Å². The Labute approximate surface area is 153 Å². The average molecular weight is 429 g/mol. The number of nitrogens with one attached hydrogen (secondary N) is 1. The third kappa shape index (κ3) is 4.23. The van der Waals surface area contributed by atoms with E-state index in [1.54, 1.807) is 6.20 Å². The molecular formula is C16H17BrN2O3S2. The van der Waals surface area contributed by atoms with Crippen molar-refractivity contribution in [2.45, 2.75) is 19.8 Å². The lowest BCUT2D eigenvalue weighted by Crippen LogP contribution is -2.23. The summed E-state index contributed by atoms with van der Waals surface area (Å²) in [6.07, 6.45) is 2.90. The van der Waals surface area contributed by atoms with Gasteiger partial charge >= 0.3 is 0 Å². The molecule has 2 aromatic rings. The average Bonchev–Trinajstić information content (AvgIpc) is 3.09. The second kappa shape index (κ2) is 6.93. The number of hydrogen-bond acceptors (Lipinski definition) is 5. The zero-order valence-corrected chi connectivity index (χ0v) is 16.3. The first kappa shape index (κ1) is 17.6. The van der Waals surface area contributed by atoms with E-state index in [1.807, 2.05) is 13.0 Å². The van der Waals surface area contributed by atoms with Crippen LogP contribution >= 0.6 is 27.3 Å². The first-order valence-corrected chi connectivity index (χ1v) is 11.0. The van der Waals surface area contributed by atoms with E-state index in [1.165, 1.54) is 22.5 Å². The standard InChI is InChI=1S/C16H17BrN2O3S2/c1-10-6-11(2-3-14(10)17)7-13-8-18-16(23-13)19-15(20)12-4-5-24(21,22)9-12/h2-3,6,8,12H,4-5,7,9H2,1H3,(H,18,19,20). The number of carbonyl (C=O) groups excluding carboxylic acids is 1. The normalized spacial score (nSPS) is 19.3. The lowest BCUT2D eigenvalue weighted by Gasteiger charge is -2.06. The molecule has 0 bridgehead atoms. The number of nitrogens with zero attached hydrogens (tertiary/aromatic N) is 1. The fraction of sp³-hybridized carbons (Fsp3) is 0.375. The van der Waals surface area contributed by atoms with Crippen LogP contribution in [0.5, 0.6) is 0 Å². The van der Waals surface area contributed by atoms with Gasteiger partial charge < -0.3 is 5.32 Å². The minimum Gasteiger partial charge on any atom is -0.302 e. The summed E-state index contributed by atoms with van der Waals surface area (Å²) >= 11 is 4.91. The van der Waals surface area contributed by atoms with Gasteiger partial charge in [-0.05, 0) is 30.5 Å². The van der Waals surface area contributed by atoms with Gasteiger partial charge in [0, 0.05) is 22.0 Å². The Balaban J connectivity index is 1.63. The van der Waals surface area contributed by atoms with Crippen LogP contribution in [-0.2, 0) is 21.1 Å². The molecule has 128 valence electrons. The molecule has 1 saturated heterocycles. The quantitative estimate of drug-likeness (QED) is 0.810. The van der Waals surface area contributed by atoms with Crippen molar-refractivity contribution in [3.8, 4) is 0 Å². The topological polar surface area (TPSA) is 76.1 Å². The van der Waals surface area contributed by atoms with Gasteiger partial charge in [-0.3, -0.25) is 4.79 Å². The van der Waals surface area contributed by atoms with E-state index in [0.717, 1.165) is 15.8 Å². The number of anilines is 1. The van der Waals surface area contributed by atoms with Gasteiger partial charge in [-0.15, -0.1) is 11.3 Å². The molecule has 1 aromatic carbocycles. The van der Waals surface area contributed by atoms with Crippen molar-refractivity contribution < 1.29 is 13.2 Å². The molecule has 1 amide bonds. The SMILES string of the molecule is Cc1cc(Cc2cnc(NC(=O)C3CCS(=O)(=O)C3)s2)ccc1Br. The monoisotopic (exact) mass is 428 g/mol. The Kier molecular flexibility index (Phi) is 5.08. The first-order valence-electron chi connectivity index (χ1n) is 7.53. The molecule has 1 atom stereocenters. The maximum Gasteiger partial charge on any atom is 0.230 e. The maximum atomic E-state index is 12.1. The van der Waals surface area contributed by atoms with Crippen LogP contribution in [0.2, 0.25) is 0 Å². The van der Waals surface area contributed by atoms with E-state index in [0.29, 0.717) is 11.6 Å². The third-order valence-electron chi connectivity index (χ3n) is 3.99. The predicted molar refractivity (Wildman–Crippen MR) is 99.2 cm³/mol. The molecule has 5 nitrogen and oxygen atoms in total. The summed E-state index contributed by atoms with van der Waals surface area (Å²) in [5.74, 6) is -0.681. The molecule has 0 saturated carbocycles. The number of rotatable bonds is 4. The Morgan fingerprint density at radius 3 is 2.92 bits per heavy atom.